The van der Waals surface area contributed by atoms with E-state index in [0.717, 1.165) is 28.5 Å². The molecule has 6 heteroatoms. The van der Waals surface area contributed by atoms with Crippen LogP contribution in [0.2, 0.25) is 0 Å². The van der Waals surface area contributed by atoms with Crippen molar-refractivity contribution < 1.29 is 8.96 Å². The van der Waals surface area contributed by atoms with Crippen LogP contribution in [-0.4, -0.2) is 11.2 Å². The first-order chi connectivity index (χ1) is 12.7. The fourth-order valence-electron chi connectivity index (χ4n) is 3.58. The first-order valence-corrected chi connectivity index (χ1v) is 8.27. The Labute approximate surface area is 149 Å². The second-order valence-electron chi connectivity index (χ2n) is 6.31. The van der Waals surface area contributed by atoms with Crippen molar-refractivity contribution in [3.05, 3.63) is 77.1 Å². The van der Waals surface area contributed by atoms with Gasteiger partial charge >= 0.3 is 0 Å². The fourth-order valence-corrected chi connectivity index (χ4v) is 3.58. The summed E-state index contributed by atoms with van der Waals surface area (Å²) >= 11 is 0. The number of nitrogens with one attached hydrogen (secondary N) is 1. The van der Waals surface area contributed by atoms with Gasteiger partial charge in [0.25, 0.3) is 0 Å². The molecule has 0 aliphatic carbocycles. The standard InChI is InChI=1S/C20H13FN5/c21-13-3-5-15-12(8-13)11-23-18-9-17-19(6-4-14(10-22)24-17)26-7-1-2-16(25-15)20(18)26/h1-8,11,18,25H,9H2/q+1. The summed E-state index contributed by atoms with van der Waals surface area (Å²) in [7, 11) is 0. The highest BCUT2D eigenvalue weighted by molar-refractivity contribution is 5.90. The number of halogens is 1. The Hall–Kier alpha value is -3.59. The summed E-state index contributed by atoms with van der Waals surface area (Å²) in [5.74, 6) is -0.296. The molecule has 2 aromatic heterocycles. The molecule has 0 spiro atoms. The van der Waals surface area contributed by atoms with Crippen LogP contribution in [0, 0.1) is 17.1 Å². The maximum atomic E-state index is 13.6. The van der Waals surface area contributed by atoms with Gasteiger partial charge in [0, 0.05) is 36.0 Å². The van der Waals surface area contributed by atoms with Gasteiger partial charge in [0.1, 0.15) is 35.0 Å². The zero-order chi connectivity index (χ0) is 17.7. The molecule has 1 unspecified atom stereocenters. The highest BCUT2D eigenvalue weighted by Gasteiger charge is 2.36. The second kappa shape index (κ2) is 5.46. The van der Waals surface area contributed by atoms with E-state index in [1.54, 1.807) is 18.3 Å². The third-order valence-electron chi connectivity index (χ3n) is 4.74. The number of aromatic nitrogens is 2. The molecule has 0 saturated carbocycles. The van der Waals surface area contributed by atoms with Gasteiger partial charge in [-0.15, -0.1) is 0 Å². The van der Waals surface area contributed by atoms with Gasteiger partial charge in [-0.1, -0.05) is 0 Å². The molecule has 4 heterocycles. The lowest BCUT2D eigenvalue weighted by atomic mass is 9.97. The van der Waals surface area contributed by atoms with E-state index in [2.05, 4.69) is 20.9 Å². The highest BCUT2D eigenvalue weighted by atomic mass is 19.1. The number of pyridine rings is 2. The van der Waals surface area contributed by atoms with Crippen LogP contribution < -0.4 is 9.88 Å². The average molecular weight is 342 g/mol. The molecule has 1 N–H and O–H groups in total. The molecule has 0 bridgehead atoms. The molecule has 26 heavy (non-hydrogen) atoms. The van der Waals surface area contributed by atoms with E-state index in [0.29, 0.717) is 17.7 Å². The molecule has 5 rings (SSSR count). The number of hydrogen-bond donors (Lipinski definition) is 1. The molecule has 0 radical (unpaired) electrons. The molecule has 2 aliphatic rings. The van der Waals surface area contributed by atoms with Gasteiger partial charge in [0.2, 0.25) is 11.4 Å². The van der Waals surface area contributed by atoms with Crippen molar-refractivity contribution in [2.75, 3.05) is 5.32 Å². The topological polar surface area (TPSA) is 65.0 Å². The molecule has 0 saturated heterocycles. The van der Waals surface area contributed by atoms with Crippen LogP contribution in [0.15, 0.2) is 53.7 Å². The lowest BCUT2D eigenvalue weighted by Crippen LogP contribution is -2.42. The molecule has 2 aliphatic heterocycles. The summed E-state index contributed by atoms with van der Waals surface area (Å²) in [5, 5.41) is 12.5. The molecule has 1 aromatic carbocycles. The van der Waals surface area contributed by atoms with E-state index in [1.165, 1.54) is 12.1 Å². The monoisotopic (exact) mass is 342 g/mol. The number of nitrogens with zero attached hydrogens (tertiary/aromatic N) is 4. The molecule has 1 atom stereocenters. The van der Waals surface area contributed by atoms with Gasteiger partial charge in [0.15, 0.2) is 6.20 Å². The molecule has 5 nitrogen and oxygen atoms in total. The molecular formula is C20H13FN5+. The number of anilines is 2. The molecular weight excluding hydrogens is 329 g/mol. The zero-order valence-corrected chi connectivity index (χ0v) is 13.6. The van der Waals surface area contributed by atoms with Crippen LogP contribution in [0.1, 0.15) is 28.7 Å². The van der Waals surface area contributed by atoms with Gasteiger partial charge in [-0.2, -0.15) is 9.83 Å². The van der Waals surface area contributed by atoms with Crippen molar-refractivity contribution in [1.29, 1.82) is 5.26 Å². The summed E-state index contributed by atoms with van der Waals surface area (Å²) in [6, 6.07) is 14.1. The fraction of sp³-hybridized carbons (Fsp3) is 0.100. The van der Waals surface area contributed by atoms with E-state index >= 15 is 0 Å². The second-order valence-corrected chi connectivity index (χ2v) is 6.31. The maximum Gasteiger partial charge on any atom is 0.236 e. The average Bonchev–Trinajstić information content (AvgIpc) is 2.66. The van der Waals surface area contributed by atoms with Crippen LogP contribution in [0.3, 0.4) is 0 Å². The summed E-state index contributed by atoms with van der Waals surface area (Å²) in [6.07, 6.45) is 4.27. The Balaban J connectivity index is 1.74. The van der Waals surface area contributed by atoms with Gasteiger partial charge in [-0.3, -0.25) is 4.99 Å². The third kappa shape index (κ3) is 2.18. The summed E-state index contributed by atoms with van der Waals surface area (Å²) in [5.41, 5.74) is 5.65. The lowest BCUT2D eigenvalue weighted by Gasteiger charge is -2.23. The summed E-state index contributed by atoms with van der Waals surface area (Å²) in [4.78, 5) is 9.18. The van der Waals surface area contributed by atoms with E-state index in [-0.39, 0.29) is 11.9 Å². The quantitative estimate of drug-likeness (QED) is 0.638. The molecule has 3 aromatic rings. The van der Waals surface area contributed by atoms with Crippen molar-refractivity contribution >= 4 is 17.6 Å². The Morgan fingerprint density at radius 2 is 2.12 bits per heavy atom. The molecule has 124 valence electrons. The summed E-state index contributed by atoms with van der Waals surface area (Å²) < 4.78 is 15.7. The predicted molar refractivity (Wildman–Crippen MR) is 94.2 cm³/mol. The Kier molecular flexibility index (Phi) is 3.09. The lowest BCUT2D eigenvalue weighted by molar-refractivity contribution is -0.608. The van der Waals surface area contributed by atoms with Crippen molar-refractivity contribution in [3.63, 3.8) is 0 Å². The number of nitriles is 1. The van der Waals surface area contributed by atoms with Crippen molar-refractivity contribution in [2.45, 2.75) is 12.5 Å². The summed E-state index contributed by atoms with van der Waals surface area (Å²) in [6.45, 7) is 0. The predicted octanol–water partition coefficient (Wildman–Crippen LogP) is 3.14. The van der Waals surface area contributed by atoms with Crippen LogP contribution in [-0.2, 0) is 6.42 Å². The molecule has 0 fully saturated rings. The van der Waals surface area contributed by atoms with Gasteiger partial charge in [-0.05, 0) is 30.3 Å². The number of aliphatic imine (C=N–C) groups is 1. The number of hydrogen-bond acceptors (Lipinski definition) is 4. The zero-order valence-electron chi connectivity index (χ0n) is 13.6. The van der Waals surface area contributed by atoms with E-state index < -0.39 is 0 Å². The minimum absolute atomic E-state index is 0.163. The maximum absolute atomic E-state index is 13.6. The largest absolute Gasteiger partial charge is 0.350 e. The minimum Gasteiger partial charge on any atom is -0.350 e. The first kappa shape index (κ1) is 14.7. The van der Waals surface area contributed by atoms with Crippen molar-refractivity contribution in [1.82, 2.24) is 4.98 Å². The Morgan fingerprint density at radius 1 is 1.19 bits per heavy atom. The van der Waals surface area contributed by atoms with E-state index in [4.69, 9.17) is 10.3 Å². The van der Waals surface area contributed by atoms with Gasteiger partial charge in [0.05, 0.1) is 0 Å². The van der Waals surface area contributed by atoms with Crippen LogP contribution in [0.5, 0.6) is 0 Å². The minimum atomic E-state index is -0.296. The third-order valence-corrected chi connectivity index (χ3v) is 4.74. The van der Waals surface area contributed by atoms with Gasteiger partial charge in [-0.25, -0.2) is 9.37 Å². The highest BCUT2D eigenvalue weighted by Crippen LogP contribution is 2.35. The Morgan fingerprint density at radius 3 is 3.00 bits per heavy atom. The SMILES string of the molecule is N#Cc1ccc2c(n1)CC1N=Cc3cc(F)ccc3Nc3ccc[n+]-2c31. The number of benzene rings is 1. The normalized spacial score (nSPS) is 16.2. The molecule has 0 amide bonds. The number of fused-ring (bicyclic) bond motifs is 3. The first-order valence-electron chi connectivity index (χ1n) is 8.27. The van der Waals surface area contributed by atoms with E-state index in [9.17, 15) is 4.39 Å². The van der Waals surface area contributed by atoms with Crippen molar-refractivity contribution in [3.8, 4) is 11.8 Å². The van der Waals surface area contributed by atoms with Crippen molar-refractivity contribution in [2.24, 2.45) is 4.99 Å². The van der Waals surface area contributed by atoms with Crippen LogP contribution in [0.25, 0.3) is 5.69 Å². The smallest absolute Gasteiger partial charge is 0.236 e. The number of rotatable bonds is 0. The van der Waals surface area contributed by atoms with Gasteiger partial charge < -0.3 is 5.32 Å². The van der Waals surface area contributed by atoms with Crippen LogP contribution in [0.4, 0.5) is 15.8 Å². The van der Waals surface area contributed by atoms with Crippen LogP contribution >= 0.6 is 0 Å². The Bertz CT molecular complexity index is 1130. The van der Waals surface area contributed by atoms with E-state index in [1.807, 2.05) is 24.4 Å².